The minimum absolute atomic E-state index is 0.104. The van der Waals surface area contributed by atoms with Crippen molar-refractivity contribution in [3.63, 3.8) is 0 Å². The van der Waals surface area contributed by atoms with Crippen LogP contribution in [0, 0.1) is 13.8 Å². The highest BCUT2D eigenvalue weighted by Crippen LogP contribution is 2.36. The maximum atomic E-state index is 13.4. The fourth-order valence-electron chi connectivity index (χ4n) is 4.38. The fourth-order valence-corrected chi connectivity index (χ4v) is 6.38. The highest BCUT2D eigenvalue weighted by molar-refractivity contribution is 7.20. The van der Waals surface area contributed by atoms with Crippen molar-refractivity contribution in [2.45, 2.75) is 33.9 Å². The van der Waals surface area contributed by atoms with E-state index in [4.69, 9.17) is 9.47 Å². The summed E-state index contributed by atoms with van der Waals surface area (Å²) in [5.41, 5.74) is 3.64. The lowest BCUT2D eigenvalue weighted by molar-refractivity contribution is -0.116. The number of hydrogen-bond donors (Lipinski definition) is 1. The number of nitrogens with zero attached hydrogens (tertiary/aromatic N) is 2. The van der Waals surface area contributed by atoms with Crippen LogP contribution in [0.25, 0.3) is 21.3 Å². The number of amides is 1. The number of benzene rings is 2. The Hall–Kier alpha value is -4.61. The third kappa shape index (κ3) is 6.02. The number of carbonyl (C=O) groups excluding carboxylic acids is 3. The third-order valence-electron chi connectivity index (χ3n) is 6.52. The summed E-state index contributed by atoms with van der Waals surface area (Å²) in [6.45, 7) is 5.29. The van der Waals surface area contributed by atoms with Crippen molar-refractivity contribution >= 4 is 55.7 Å². The van der Waals surface area contributed by atoms with Crippen molar-refractivity contribution in [1.82, 2.24) is 9.55 Å². The zero-order valence-corrected chi connectivity index (χ0v) is 24.8. The molecule has 0 bridgehead atoms. The van der Waals surface area contributed by atoms with Crippen LogP contribution >= 0.6 is 22.7 Å². The van der Waals surface area contributed by atoms with E-state index in [1.165, 1.54) is 22.2 Å². The van der Waals surface area contributed by atoms with Crippen molar-refractivity contribution in [3.05, 3.63) is 104 Å². The number of hydrogen-bond acceptors (Lipinski definition) is 9. The van der Waals surface area contributed by atoms with Crippen molar-refractivity contribution < 1.29 is 23.9 Å². The molecule has 11 heteroatoms. The zero-order valence-electron chi connectivity index (χ0n) is 23.1. The van der Waals surface area contributed by atoms with Gasteiger partial charge in [0.25, 0.3) is 5.56 Å². The smallest absolute Gasteiger partial charge is 0.349 e. The average molecular weight is 602 g/mol. The molecule has 2 aromatic carbocycles. The molecule has 5 rings (SSSR count). The van der Waals surface area contributed by atoms with E-state index in [-0.39, 0.29) is 35.6 Å². The second-order valence-electron chi connectivity index (χ2n) is 9.46. The molecule has 0 atom stereocenters. The third-order valence-corrected chi connectivity index (χ3v) is 8.59. The molecule has 1 amide bonds. The number of fused-ring (bicyclic) bond motifs is 1. The number of esters is 2. The number of aryl methyl sites for hydroxylation is 2. The van der Waals surface area contributed by atoms with Crippen LogP contribution in [-0.4, -0.2) is 34.0 Å². The van der Waals surface area contributed by atoms with E-state index in [1.54, 1.807) is 19.2 Å². The maximum absolute atomic E-state index is 13.4. The van der Waals surface area contributed by atoms with Crippen LogP contribution in [0.3, 0.4) is 0 Å². The molecule has 0 aliphatic heterocycles. The van der Waals surface area contributed by atoms with Gasteiger partial charge in [-0.25, -0.2) is 14.6 Å². The lowest BCUT2D eigenvalue weighted by Crippen LogP contribution is -2.28. The highest BCUT2D eigenvalue weighted by atomic mass is 32.1. The summed E-state index contributed by atoms with van der Waals surface area (Å²) in [6.07, 6.45) is 1.28. The summed E-state index contributed by atoms with van der Waals surface area (Å²) in [6, 6.07) is 17.0. The van der Waals surface area contributed by atoms with Crippen LogP contribution in [0.5, 0.6) is 0 Å². The Bertz CT molecular complexity index is 1840. The Balaban J connectivity index is 1.36. The molecule has 0 unspecified atom stereocenters. The van der Waals surface area contributed by atoms with Gasteiger partial charge >= 0.3 is 11.9 Å². The molecular formula is C31H27N3O6S2. The summed E-state index contributed by atoms with van der Waals surface area (Å²) in [7, 11) is 0. The molecular weight excluding hydrogens is 574 g/mol. The molecule has 42 heavy (non-hydrogen) atoms. The van der Waals surface area contributed by atoms with E-state index >= 15 is 0 Å². The standard InChI is InChI=1S/C31H27N3O6S2/c1-4-39-30(37)25-22(21-12-10-18(2)11-13-21)16-41-28(25)33-23(35)14-34-17-32-27-24(29(34)36)19(3)26(42-27)31(38)40-15-20-8-6-5-7-9-20/h5-13,16-17H,4,14-15H2,1-3H3,(H,33,35). The molecule has 0 radical (unpaired) electrons. The Morgan fingerprint density at radius 2 is 1.71 bits per heavy atom. The van der Waals surface area contributed by atoms with E-state index in [0.717, 1.165) is 28.0 Å². The van der Waals surface area contributed by atoms with Gasteiger partial charge in [0.2, 0.25) is 5.91 Å². The summed E-state index contributed by atoms with van der Waals surface area (Å²) in [5, 5.41) is 5.14. The molecule has 0 fully saturated rings. The number of nitrogens with one attached hydrogen (secondary N) is 1. The molecule has 3 aromatic heterocycles. The Morgan fingerprint density at radius 3 is 2.43 bits per heavy atom. The number of thiophene rings is 2. The first-order valence-corrected chi connectivity index (χ1v) is 14.8. The van der Waals surface area contributed by atoms with Gasteiger partial charge in [0.05, 0.1) is 18.3 Å². The van der Waals surface area contributed by atoms with E-state index in [9.17, 15) is 19.2 Å². The van der Waals surface area contributed by atoms with E-state index in [2.05, 4.69) is 10.3 Å². The molecule has 0 spiro atoms. The molecule has 214 valence electrons. The first-order valence-electron chi connectivity index (χ1n) is 13.1. The largest absolute Gasteiger partial charge is 0.462 e. The molecule has 1 N–H and O–H groups in total. The monoisotopic (exact) mass is 601 g/mol. The quantitative estimate of drug-likeness (QED) is 0.207. The van der Waals surface area contributed by atoms with E-state index in [0.29, 0.717) is 21.0 Å². The SMILES string of the molecule is CCOC(=O)c1c(-c2ccc(C)cc2)csc1NC(=O)Cn1cnc2sc(C(=O)OCc3ccccc3)c(C)c2c1=O. The normalized spacial score (nSPS) is 10.9. The van der Waals surface area contributed by atoms with Gasteiger partial charge in [-0.05, 0) is 37.5 Å². The van der Waals surface area contributed by atoms with Crippen molar-refractivity contribution in [2.75, 3.05) is 11.9 Å². The average Bonchev–Trinajstić information content (AvgIpc) is 3.55. The zero-order chi connectivity index (χ0) is 29.8. The van der Waals surface area contributed by atoms with Gasteiger partial charge in [-0.3, -0.25) is 14.2 Å². The predicted octanol–water partition coefficient (Wildman–Crippen LogP) is 5.98. The van der Waals surface area contributed by atoms with Gasteiger partial charge in [-0.1, -0.05) is 60.2 Å². The molecule has 0 saturated heterocycles. The molecule has 9 nitrogen and oxygen atoms in total. The summed E-state index contributed by atoms with van der Waals surface area (Å²) in [5.74, 6) is -1.61. The molecule has 0 saturated carbocycles. The lowest BCUT2D eigenvalue weighted by Gasteiger charge is -2.10. The lowest BCUT2D eigenvalue weighted by atomic mass is 10.0. The Kier molecular flexibility index (Phi) is 8.60. The fraction of sp³-hybridized carbons (Fsp3) is 0.194. The number of aromatic nitrogens is 2. The minimum Gasteiger partial charge on any atom is -0.462 e. The Morgan fingerprint density at radius 1 is 0.976 bits per heavy atom. The van der Waals surface area contributed by atoms with E-state index < -0.39 is 23.4 Å². The van der Waals surface area contributed by atoms with Crippen molar-refractivity contribution in [3.8, 4) is 11.1 Å². The summed E-state index contributed by atoms with van der Waals surface area (Å²) >= 11 is 2.27. The number of rotatable bonds is 9. The van der Waals surface area contributed by atoms with Crippen LogP contribution in [0.15, 0.2) is 71.1 Å². The first kappa shape index (κ1) is 28.9. The van der Waals surface area contributed by atoms with E-state index in [1.807, 2.05) is 61.5 Å². The summed E-state index contributed by atoms with van der Waals surface area (Å²) < 4.78 is 11.9. The molecule has 5 aromatic rings. The van der Waals surface area contributed by atoms with Crippen LogP contribution < -0.4 is 10.9 Å². The van der Waals surface area contributed by atoms with Gasteiger partial charge in [0.15, 0.2) is 0 Å². The molecule has 0 aliphatic carbocycles. The van der Waals surface area contributed by atoms with Crippen LogP contribution in [-0.2, 0) is 27.4 Å². The maximum Gasteiger partial charge on any atom is 0.349 e. The van der Waals surface area contributed by atoms with Gasteiger partial charge < -0.3 is 14.8 Å². The highest BCUT2D eigenvalue weighted by Gasteiger charge is 2.24. The first-order chi connectivity index (χ1) is 20.3. The number of anilines is 1. The van der Waals surface area contributed by atoms with Crippen LogP contribution in [0.1, 0.15) is 43.6 Å². The van der Waals surface area contributed by atoms with Crippen LogP contribution in [0.2, 0.25) is 0 Å². The minimum atomic E-state index is -0.551. The van der Waals surface area contributed by atoms with Gasteiger partial charge in [-0.2, -0.15) is 0 Å². The van der Waals surface area contributed by atoms with Crippen molar-refractivity contribution in [2.24, 2.45) is 0 Å². The second kappa shape index (κ2) is 12.5. The molecule has 0 aliphatic rings. The van der Waals surface area contributed by atoms with Gasteiger partial charge in [-0.15, -0.1) is 22.7 Å². The number of ether oxygens (including phenoxy) is 2. The topological polar surface area (TPSA) is 117 Å². The summed E-state index contributed by atoms with van der Waals surface area (Å²) in [4.78, 5) is 57.1. The van der Waals surface area contributed by atoms with Crippen molar-refractivity contribution in [1.29, 1.82) is 0 Å². The Labute approximate surface area is 249 Å². The number of carbonyl (C=O) groups is 3. The van der Waals surface area contributed by atoms with Crippen LogP contribution in [0.4, 0.5) is 5.00 Å². The van der Waals surface area contributed by atoms with Gasteiger partial charge in [0, 0.05) is 10.9 Å². The molecule has 3 heterocycles. The second-order valence-corrected chi connectivity index (χ2v) is 11.3. The predicted molar refractivity (Wildman–Crippen MR) is 163 cm³/mol. The van der Waals surface area contributed by atoms with Gasteiger partial charge in [0.1, 0.15) is 33.4 Å².